The van der Waals surface area contributed by atoms with Crippen molar-refractivity contribution >= 4 is 61.5 Å². The summed E-state index contributed by atoms with van der Waals surface area (Å²) < 4.78 is 21.8. The minimum Gasteiger partial charge on any atom is -0.382 e. The number of nitrogens with zero attached hydrogens (tertiary/aromatic N) is 5. The van der Waals surface area contributed by atoms with Crippen LogP contribution in [-0.2, 0) is 11.2 Å². The zero-order valence-corrected chi connectivity index (χ0v) is 19.5. The van der Waals surface area contributed by atoms with Gasteiger partial charge in [-0.1, -0.05) is 11.3 Å². The molecule has 1 amide bonds. The van der Waals surface area contributed by atoms with Crippen molar-refractivity contribution < 1.29 is 24.1 Å². The number of aliphatic hydroxyl groups excluding tert-OH is 2. The minimum atomic E-state index is -3.60. The fourth-order valence-electron chi connectivity index (χ4n) is 4.35. The third-order valence-electron chi connectivity index (χ3n) is 6.16. The van der Waals surface area contributed by atoms with Crippen molar-refractivity contribution in [3.05, 3.63) is 22.2 Å². The second kappa shape index (κ2) is 8.30. The van der Waals surface area contributed by atoms with Gasteiger partial charge in [0.1, 0.15) is 5.52 Å². The van der Waals surface area contributed by atoms with E-state index in [0.29, 0.717) is 29.7 Å². The monoisotopic (exact) mass is 515 g/mol. The zero-order chi connectivity index (χ0) is 23.5. The molecule has 0 bridgehead atoms. The molecule has 5 rings (SSSR count). The van der Waals surface area contributed by atoms with Gasteiger partial charge in [-0.25, -0.2) is 9.97 Å². The van der Waals surface area contributed by atoms with Gasteiger partial charge in [0.15, 0.2) is 27.5 Å². The molecule has 12 nitrogen and oxygen atoms in total. The number of nitrogens with one attached hydrogen (secondary N) is 1. The van der Waals surface area contributed by atoms with E-state index in [0.717, 1.165) is 24.2 Å². The van der Waals surface area contributed by atoms with Crippen LogP contribution in [0.1, 0.15) is 47.7 Å². The van der Waals surface area contributed by atoms with E-state index in [1.54, 1.807) is 6.33 Å². The topological polar surface area (TPSA) is 193 Å². The number of nitrogen functional groups attached to an aromatic ring is 1. The van der Waals surface area contributed by atoms with Crippen LogP contribution in [0.2, 0.25) is 5.28 Å². The maximum absolute atomic E-state index is 12.8. The fourth-order valence-corrected chi connectivity index (χ4v) is 7.11. The highest BCUT2D eigenvalue weighted by atomic mass is 35.5. The summed E-state index contributed by atoms with van der Waals surface area (Å²) >= 11 is 6.94. The molecule has 178 valence electrons. The number of carbonyl (C=O) groups is 1. The lowest BCUT2D eigenvalue weighted by Crippen LogP contribution is -2.29. The summed E-state index contributed by atoms with van der Waals surface area (Å²) in [7, 11) is -3.60. The van der Waals surface area contributed by atoms with Crippen LogP contribution in [0.3, 0.4) is 0 Å². The van der Waals surface area contributed by atoms with Crippen molar-refractivity contribution in [3.63, 3.8) is 0 Å². The molecular weight excluding hydrogens is 494 g/mol. The van der Waals surface area contributed by atoms with Crippen molar-refractivity contribution in [2.45, 2.75) is 49.0 Å². The lowest BCUT2D eigenvalue weighted by Gasteiger charge is -2.43. The SMILES string of the molecule is Nc1nc(Cl)nc2c1ncn2C1CCC(C(=O)Nc2nc3c(s2)C(O)S(O)(O)C(O)C3)CC1. The molecule has 2 unspecified atom stereocenters. The van der Waals surface area contributed by atoms with E-state index >= 15 is 0 Å². The summed E-state index contributed by atoms with van der Waals surface area (Å²) in [6.07, 6.45) is 4.30. The summed E-state index contributed by atoms with van der Waals surface area (Å²) in [6, 6.07) is 0.0958. The summed E-state index contributed by atoms with van der Waals surface area (Å²) in [6.45, 7) is 0. The maximum Gasteiger partial charge on any atom is 0.229 e. The lowest BCUT2D eigenvalue weighted by molar-refractivity contribution is -0.121. The Morgan fingerprint density at radius 1 is 1.21 bits per heavy atom. The Morgan fingerprint density at radius 2 is 1.94 bits per heavy atom. The Kier molecular flexibility index (Phi) is 5.71. The number of amides is 1. The molecule has 3 aromatic rings. The van der Waals surface area contributed by atoms with Gasteiger partial charge in [0.25, 0.3) is 0 Å². The smallest absolute Gasteiger partial charge is 0.229 e. The van der Waals surface area contributed by atoms with Crippen LogP contribution in [0, 0.1) is 5.92 Å². The Hall–Kier alpha value is -2.07. The number of thiazole rings is 1. The average Bonchev–Trinajstić information content (AvgIpc) is 3.36. The van der Waals surface area contributed by atoms with Crippen molar-refractivity contribution in [1.82, 2.24) is 24.5 Å². The Bertz CT molecular complexity index is 1230. The Labute approximate surface area is 198 Å². The van der Waals surface area contributed by atoms with Gasteiger partial charge in [-0.3, -0.25) is 13.9 Å². The van der Waals surface area contributed by atoms with Crippen LogP contribution >= 0.6 is 33.5 Å². The first-order chi connectivity index (χ1) is 15.6. The average molecular weight is 516 g/mol. The molecule has 2 aliphatic rings. The molecule has 0 aromatic carbocycles. The molecule has 0 spiro atoms. The highest BCUT2D eigenvalue weighted by Gasteiger charge is 2.42. The Morgan fingerprint density at radius 3 is 2.67 bits per heavy atom. The molecule has 0 saturated heterocycles. The number of nitrogens with two attached hydrogens (primary N) is 1. The number of hydrogen-bond donors (Lipinski definition) is 6. The molecule has 1 fully saturated rings. The first-order valence-corrected chi connectivity index (χ1v) is 13.1. The summed E-state index contributed by atoms with van der Waals surface area (Å²) in [5.74, 6) is -0.190. The molecular formula is C18H22ClN7O5S2. The second-order valence-corrected chi connectivity index (χ2v) is 11.8. The van der Waals surface area contributed by atoms with Crippen molar-refractivity contribution in [2.75, 3.05) is 11.1 Å². The van der Waals surface area contributed by atoms with Gasteiger partial charge >= 0.3 is 0 Å². The highest BCUT2D eigenvalue weighted by molar-refractivity contribution is 8.24. The van der Waals surface area contributed by atoms with Crippen LogP contribution in [0.5, 0.6) is 0 Å². The quantitative estimate of drug-likeness (QED) is 0.282. The first kappa shape index (κ1) is 22.7. The molecule has 4 heterocycles. The van der Waals surface area contributed by atoms with Gasteiger partial charge in [0.05, 0.1) is 16.9 Å². The van der Waals surface area contributed by atoms with Gasteiger partial charge in [0.2, 0.25) is 11.2 Å². The van der Waals surface area contributed by atoms with Gasteiger partial charge in [-0.05, 0) is 37.3 Å². The molecule has 1 saturated carbocycles. The predicted octanol–water partition coefficient (Wildman–Crippen LogP) is 2.50. The molecule has 7 N–H and O–H groups in total. The van der Waals surface area contributed by atoms with Crippen LogP contribution in [0.15, 0.2) is 6.33 Å². The van der Waals surface area contributed by atoms with E-state index < -0.39 is 21.5 Å². The standard InChI is InChI=1S/C18H22ClN7O5S2/c19-17-23-13(20)11-14(24-17)26(6-21-11)8-3-1-7(2-4-8)15(28)25-18-22-9-5-10(27)33(30,31)16(29)12(9)32-18/h6-8,10,16,27,29-31H,1-5H2,(H2,20,23,24)(H,22,25,28). The van der Waals surface area contributed by atoms with Crippen molar-refractivity contribution in [2.24, 2.45) is 5.92 Å². The van der Waals surface area contributed by atoms with Crippen molar-refractivity contribution in [3.8, 4) is 0 Å². The second-order valence-electron chi connectivity index (χ2n) is 8.18. The molecule has 33 heavy (non-hydrogen) atoms. The zero-order valence-electron chi connectivity index (χ0n) is 17.1. The number of halogens is 1. The third kappa shape index (κ3) is 3.95. The Balaban J connectivity index is 1.25. The molecule has 3 aromatic heterocycles. The molecule has 15 heteroatoms. The molecule has 1 aliphatic heterocycles. The number of aliphatic hydroxyl groups is 2. The number of anilines is 2. The number of aromatic nitrogens is 5. The van der Waals surface area contributed by atoms with Crippen LogP contribution in [0.25, 0.3) is 11.2 Å². The van der Waals surface area contributed by atoms with E-state index in [1.807, 2.05) is 4.57 Å². The van der Waals surface area contributed by atoms with E-state index in [4.69, 9.17) is 17.3 Å². The van der Waals surface area contributed by atoms with Crippen molar-refractivity contribution in [1.29, 1.82) is 0 Å². The predicted molar refractivity (Wildman–Crippen MR) is 124 cm³/mol. The van der Waals surface area contributed by atoms with Gasteiger partial charge in [-0.2, -0.15) is 9.97 Å². The number of fused-ring (bicyclic) bond motifs is 2. The summed E-state index contributed by atoms with van der Waals surface area (Å²) in [4.78, 5) is 29.8. The van der Waals surface area contributed by atoms with Gasteiger partial charge in [-0.15, -0.1) is 10.6 Å². The van der Waals surface area contributed by atoms with Crippen LogP contribution < -0.4 is 11.1 Å². The van der Waals surface area contributed by atoms with Crippen LogP contribution in [0.4, 0.5) is 10.9 Å². The highest BCUT2D eigenvalue weighted by Crippen LogP contribution is 2.60. The lowest BCUT2D eigenvalue weighted by atomic mass is 9.85. The molecule has 0 radical (unpaired) electrons. The summed E-state index contributed by atoms with van der Waals surface area (Å²) in [5, 5.41) is 23.2. The number of hydrogen-bond acceptors (Lipinski definition) is 11. The first-order valence-electron chi connectivity index (χ1n) is 10.2. The number of rotatable bonds is 3. The van der Waals surface area contributed by atoms with E-state index in [-0.39, 0.29) is 45.4 Å². The summed E-state index contributed by atoms with van der Waals surface area (Å²) in [5.41, 5.74) is 4.19. The van der Waals surface area contributed by atoms with Gasteiger partial charge < -0.3 is 25.8 Å². The minimum absolute atomic E-state index is 0.0554. The van der Waals surface area contributed by atoms with E-state index in [9.17, 15) is 24.1 Å². The van der Waals surface area contributed by atoms with Crippen LogP contribution in [-0.4, -0.2) is 55.2 Å². The van der Waals surface area contributed by atoms with E-state index in [1.165, 1.54) is 0 Å². The fraction of sp³-hybridized carbons (Fsp3) is 0.500. The number of carbonyl (C=O) groups excluding carboxylic acids is 1. The normalized spacial score (nSPS) is 27.8. The largest absolute Gasteiger partial charge is 0.382 e. The maximum atomic E-state index is 12.8. The molecule has 1 aliphatic carbocycles. The van der Waals surface area contributed by atoms with E-state index in [2.05, 4.69) is 25.3 Å². The molecule has 2 atom stereocenters. The van der Waals surface area contributed by atoms with Gasteiger partial charge in [0, 0.05) is 18.4 Å². The number of imidazole rings is 1. The third-order valence-corrected chi connectivity index (χ3v) is 9.41.